The van der Waals surface area contributed by atoms with Crippen molar-refractivity contribution in [3.8, 4) is 11.8 Å². The molecular formula is C27H29ClN4O3. The molecule has 7 nitrogen and oxygen atoms in total. The molecule has 1 aromatic heterocycles. The summed E-state index contributed by atoms with van der Waals surface area (Å²) < 4.78 is 7.41. The molecule has 3 aromatic rings. The van der Waals surface area contributed by atoms with Crippen molar-refractivity contribution >= 4 is 35.0 Å². The summed E-state index contributed by atoms with van der Waals surface area (Å²) in [6.45, 7) is 5.61. The molecule has 2 atom stereocenters. The van der Waals surface area contributed by atoms with E-state index in [-0.39, 0.29) is 18.6 Å². The van der Waals surface area contributed by atoms with Crippen LogP contribution in [0, 0.1) is 11.8 Å². The van der Waals surface area contributed by atoms with Crippen molar-refractivity contribution in [3.63, 3.8) is 0 Å². The smallest absolute Gasteiger partial charge is 0.408 e. The highest BCUT2D eigenvalue weighted by atomic mass is 35.5. The molecule has 0 radical (unpaired) electrons. The van der Waals surface area contributed by atoms with Crippen LogP contribution < -0.4 is 5.32 Å². The largest absolute Gasteiger partial charge is 0.444 e. The van der Waals surface area contributed by atoms with E-state index in [0.29, 0.717) is 10.6 Å². The van der Waals surface area contributed by atoms with Crippen molar-refractivity contribution < 1.29 is 14.3 Å². The molecule has 4 rings (SSSR count). The molecule has 182 valence electrons. The number of benzene rings is 2. The van der Waals surface area contributed by atoms with Crippen molar-refractivity contribution in [2.75, 3.05) is 20.6 Å². The Hall–Kier alpha value is -3.34. The Morgan fingerprint density at radius 2 is 2.09 bits per heavy atom. The van der Waals surface area contributed by atoms with Gasteiger partial charge in [0.05, 0.1) is 29.7 Å². The van der Waals surface area contributed by atoms with Crippen LogP contribution in [0.4, 0.5) is 4.79 Å². The van der Waals surface area contributed by atoms with Crippen LogP contribution in [0.2, 0.25) is 5.02 Å². The first kappa shape index (κ1) is 24.8. The molecule has 0 fully saturated rings. The minimum Gasteiger partial charge on any atom is -0.444 e. The SMILES string of the molecule is CN(C)C1CC(c2c(Cl)cccc2C=O)n2c1nc1ccc(C#CCNC(=O)OC(C)(C)C)cc12. The molecule has 2 unspecified atom stereocenters. The molecule has 0 bridgehead atoms. The second kappa shape index (κ2) is 9.73. The zero-order valence-electron chi connectivity index (χ0n) is 20.6. The molecule has 1 aliphatic rings. The fourth-order valence-electron chi connectivity index (χ4n) is 4.45. The number of rotatable bonds is 4. The van der Waals surface area contributed by atoms with Crippen LogP contribution in [0.25, 0.3) is 11.0 Å². The lowest BCUT2D eigenvalue weighted by molar-refractivity contribution is 0.0535. The number of aldehydes is 1. The average Bonchev–Trinajstić information content (AvgIpc) is 3.32. The van der Waals surface area contributed by atoms with Gasteiger partial charge in [-0.25, -0.2) is 9.78 Å². The third kappa shape index (κ3) is 5.19. The number of fused-ring (bicyclic) bond motifs is 3. The molecule has 1 N–H and O–H groups in total. The Labute approximate surface area is 210 Å². The third-order valence-corrected chi connectivity index (χ3v) is 6.23. The van der Waals surface area contributed by atoms with Gasteiger partial charge in [0.1, 0.15) is 17.7 Å². The summed E-state index contributed by atoms with van der Waals surface area (Å²) in [5.74, 6) is 7.01. The van der Waals surface area contributed by atoms with Gasteiger partial charge in [0.15, 0.2) is 0 Å². The van der Waals surface area contributed by atoms with Gasteiger partial charge < -0.3 is 14.6 Å². The molecule has 1 amide bonds. The summed E-state index contributed by atoms with van der Waals surface area (Å²) in [6, 6.07) is 11.2. The van der Waals surface area contributed by atoms with E-state index in [1.165, 1.54) is 0 Å². The normalized spacial score (nSPS) is 17.1. The number of ether oxygens (including phenoxy) is 1. The van der Waals surface area contributed by atoms with Crippen LogP contribution in [-0.2, 0) is 4.74 Å². The quantitative estimate of drug-likeness (QED) is 0.411. The number of alkyl carbamates (subject to hydrolysis) is 1. The van der Waals surface area contributed by atoms with E-state index in [1.807, 2.05) is 59.1 Å². The number of carbonyl (C=O) groups is 2. The van der Waals surface area contributed by atoms with Gasteiger partial charge in [-0.2, -0.15) is 0 Å². The molecule has 0 saturated carbocycles. The van der Waals surface area contributed by atoms with E-state index in [9.17, 15) is 9.59 Å². The maximum atomic E-state index is 11.8. The number of nitrogens with zero attached hydrogens (tertiary/aromatic N) is 3. The van der Waals surface area contributed by atoms with Gasteiger partial charge in [-0.15, -0.1) is 0 Å². The summed E-state index contributed by atoms with van der Waals surface area (Å²) >= 11 is 6.61. The molecule has 0 aliphatic carbocycles. The number of amides is 1. The summed E-state index contributed by atoms with van der Waals surface area (Å²) in [5.41, 5.74) is 3.42. The van der Waals surface area contributed by atoms with Crippen LogP contribution in [-0.4, -0.2) is 53.1 Å². The molecule has 2 aromatic carbocycles. The summed E-state index contributed by atoms with van der Waals surface area (Å²) in [4.78, 5) is 30.7. The molecule has 2 heterocycles. The molecule has 0 spiro atoms. The second-order valence-electron chi connectivity index (χ2n) is 9.79. The number of hydrogen-bond acceptors (Lipinski definition) is 5. The third-order valence-electron chi connectivity index (χ3n) is 5.90. The first-order valence-corrected chi connectivity index (χ1v) is 11.8. The van der Waals surface area contributed by atoms with Gasteiger partial charge in [-0.3, -0.25) is 9.69 Å². The molecule has 35 heavy (non-hydrogen) atoms. The van der Waals surface area contributed by atoms with Crippen LogP contribution >= 0.6 is 11.6 Å². The van der Waals surface area contributed by atoms with E-state index < -0.39 is 11.7 Å². The number of aromatic nitrogens is 2. The topological polar surface area (TPSA) is 76.5 Å². The Kier molecular flexibility index (Phi) is 6.88. The van der Waals surface area contributed by atoms with Gasteiger partial charge in [-0.1, -0.05) is 35.6 Å². The fraction of sp³-hybridized carbons (Fsp3) is 0.370. The lowest BCUT2D eigenvalue weighted by atomic mass is 9.97. The molecule has 0 saturated heterocycles. The monoisotopic (exact) mass is 492 g/mol. The summed E-state index contributed by atoms with van der Waals surface area (Å²) in [7, 11) is 4.05. The first-order valence-electron chi connectivity index (χ1n) is 11.5. The van der Waals surface area contributed by atoms with Crippen LogP contribution in [0.3, 0.4) is 0 Å². The number of nitrogens with one attached hydrogen (secondary N) is 1. The molecule has 1 aliphatic heterocycles. The highest BCUT2D eigenvalue weighted by Crippen LogP contribution is 2.45. The van der Waals surface area contributed by atoms with Crippen molar-refractivity contribution in [1.82, 2.24) is 19.8 Å². The zero-order chi connectivity index (χ0) is 25.3. The lowest BCUT2D eigenvalue weighted by Gasteiger charge is -2.20. The van der Waals surface area contributed by atoms with Crippen LogP contribution in [0.15, 0.2) is 36.4 Å². The first-order chi connectivity index (χ1) is 16.6. The van der Waals surface area contributed by atoms with E-state index >= 15 is 0 Å². The highest BCUT2D eigenvalue weighted by Gasteiger charge is 2.38. The predicted octanol–water partition coefficient (Wildman–Crippen LogP) is 4.97. The summed E-state index contributed by atoms with van der Waals surface area (Å²) in [5, 5.41) is 3.21. The minimum absolute atomic E-state index is 0.0794. The molecular weight excluding hydrogens is 464 g/mol. The van der Waals surface area contributed by atoms with Crippen LogP contribution in [0.5, 0.6) is 0 Å². The van der Waals surface area contributed by atoms with E-state index in [4.69, 9.17) is 21.3 Å². The van der Waals surface area contributed by atoms with Crippen molar-refractivity contribution in [2.45, 2.75) is 44.9 Å². The minimum atomic E-state index is -0.558. The van der Waals surface area contributed by atoms with Gasteiger partial charge in [0.25, 0.3) is 0 Å². The lowest BCUT2D eigenvalue weighted by Crippen LogP contribution is -2.32. The van der Waals surface area contributed by atoms with E-state index in [0.717, 1.165) is 40.7 Å². The van der Waals surface area contributed by atoms with Gasteiger partial charge in [0, 0.05) is 21.7 Å². The Morgan fingerprint density at radius 3 is 2.77 bits per heavy atom. The second-order valence-corrected chi connectivity index (χ2v) is 10.2. The summed E-state index contributed by atoms with van der Waals surface area (Å²) in [6.07, 6.45) is 1.11. The van der Waals surface area contributed by atoms with Gasteiger partial charge in [-0.05, 0) is 65.6 Å². The van der Waals surface area contributed by atoms with Gasteiger partial charge >= 0.3 is 6.09 Å². The average molecular weight is 493 g/mol. The molecule has 8 heteroatoms. The highest BCUT2D eigenvalue weighted by molar-refractivity contribution is 6.31. The fourth-order valence-corrected chi connectivity index (χ4v) is 4.76. The number of carbonyl (C=O) groups excluding carboxylic acids is 2. The Balaban J connectivity index is 1.69. The zero-order valence-corrected chi connectivity index (χ0v) is 21.3. The number of hydrogen-bond donors (Lipinski definition) is 1. The Bertz CT molecular complexity index is 1340. The van der Waals surface area contributed by atoms with Crippen molar-refractivity contribution in [2.24, 2.45) is 0 Å². The standard InChI is InChI=1S/C27H29ClN4O3/c1-27(2,3)35-26(34)29-13-7-8-17-11-12-20-21(14-17)32-22(15-23(31(4)5)25(32)30-20)24-18(16-33)9-6-10-19(24)28/h6,9-12,14,16,22-23H,13,15H2,1-5H3,(H,29,34). The van der Waals surface area contributed by atoms with E-state index in [2.05, 4.69) is 26.6 Å². The number of halogens is 1. The van der Waals surface area contributed by atoms with Gasteiger partial charge in [0.2, 0.25) is 0 Å². The van der Waals surface area contributed by atoms with Crippen molar-refractivity contribution in [1.29, 1.82) is 0 Å². The number of imidazole rings is 1. The van der Waals surface area contributed by atoms with E-state index in [1.54, 1.807) is 12.1 Å². The van der Waals surface area contributed by atoms with Crippen molar-refractivity contribution in [3.05, 3.63) is 63.9 Å². The van der Waals surface area contributed by atoms with Crippen LogP contribution in [0.1, 0.15) is 66.6 Å². The predicted molar refractivity (Wildman–Crippen MR) is 137 cm³/mol. The maximum absolute atomic E-state index is 11.8. The maximum Gasteiger partial charge on any atom is 0.408 e. The Morgan fingerprint density at radius 1 is 1.31 bits per heavy atom.